The van der Waals surface area contributed by atoms with Crippen molar-refractivity contribution in [3.05, 3.63) is 0 Å². The van der Waals surface area contributed by atoms with E-state index in [4.69, 9.17) is 20.4 Å². The van der Waals surface area contributed by atoms with Crippen LogP contribution in [-0.2, 0) is 14.4 Å². The average Bonchev–Trinajstić information content (AvgIpc) is 1.82. The van der Waals surface area contributed by atoms with E-state index in [0.717, 1.165) is 0 Å². The summed E-state index contributed by atoms with van der Waals surface area (Å²) >= 11 is 0. The zero-order chi connectivity index (χ0) is 10.6. The molecule has 6 N–H and O–H groups in total. The number of carboxylic acids is 3. The first-order chi connectivity index (χ1) is 5.78. The van der Waals surface area contributed by atoms with Crippen molar-refractivity contribution in [2.75, 3.05) is 0 Å². The molecule has 10 heteroatoms. The van der Waals surface area contributed by atoms with Crippen molar-refractivity contribution >= 4 is 77.0 Å². The van der Waals surface area contributed by atoms with E-state index >= 15 is 0 Å². The molecule has 86 valence electrons. The zero-order valence-electron chi connectivity index (χ0n) is 6.93. The molecule has 0 spiro atoms. The fraction of sp³-hybridized carbons (Fsp3) is 0.500. The summed E-state index contributed by atoms with van der Waals surface area (Å²) in [5.41, 5.74) is -2.74. The molecule has 0 aliphatic carbocycles. The van der Waals surface area contributed by atoms with Crippen LogP contribution < -0.4 is 0 Å². The van der Waals surface area contributed by atoms with Crippen molar-refractivity contribution in [2.45, 2.75) is 18.4 Å². The summed E-state index contributed by atoms with van der Waals surface area (Å²) in [5.74, 6) is -5.02. The fourth-order valence-electron chi connectivity index (χ4n) is 0.714. The van der Waals surface area contributed by atoms with Gasteiger partial charge in [-0.1, -0.05) is 0 Å². The van der Waals surface area contributed by atoms with Crippen LogP contribution in [0.15, 0.2) is 0 Å². The van der Waals surface area contributed by atoms with Crippen LogP contribution in [-0.4, -0.2) is 109 Å². The Morgan fingerprint density at radius 3 is 1.25 bits per heavy atom. The summed E-state index contributed by atoms with van der Waals surface area (Å²) in [5, 5.41) is 33.8. The summed E-state index contributed by atoms with van der Waals surface area (Å²) in [7, 11) is 0. The molecule has 0 aromatic rings. The Bertz CT molecular complexity index is 237. The zero-order valence-corrected chi connectivity index (χ0v) is 6.93. The first-order valence-corrected chi connectivity index (χ1v) is 3.17. The van der Waals surface area contributed by atoms with E-state index in [1.54, 1.807) is 0 Å². The second-order valence-corrected chi connectivity index (χ2v) is 2.48. The van der Waals surface area contributed by atoms with Gasteiger partial charge in [-0.3, -0.25) is 9.59 Å². The van der Waals surface area contributed by atoms with Gasteiger partial charge in [-0.05, 0) is 0 Å². The molecule has 0 atom stereocenters. The van der Waals surface area contributed by atoms with Crippen LogP contribution in [0, 0.1) is 0 Å². The molecule has 0 aromatic carbocycles. The first-order valence-electron chi connectivity index (χ1n) is 3.17. The molecule has 0 aromatic heterocycles. The Labute approximate surface area is 135 Å². The standard InChI is InChI=1S/C6H8O7.2Na.H2O.2H/c7-3(8)1-6(13,5(11)12)2-4(9)10;;;;;/h13H,1-2H2,(H,7,8)(H,9,10)(H,11,12);;;1H2;;. The van der Waals surface area contributed by atoms with Crippen molar-refractivity contribution in [3.8, 4) is 0 Å². The van der Waals surface area contributed by atoms with Gasteiger partial charge in [0.1, 0.15) is 0 Å². The van der Waals surface area contributed by atoms with Crippen molar-refractivity contribution in [2.24, 2.45) is 0 Å². The quantitative estimate of drug-likeness (QED) is 0.374. The van der Waals surface area contributed by atoms with Gasteiger partial charge in [-0.25, -0.2) is 4.79 Å². The molecular formula is C6H12Na2O8. The third-order valence-electron chi connectivity index (χ3n) is 1.29. The van der Waals surface area contributed by atoms with Gasteiger partial charge < -0.3 is 25.9 Å². The number of aliphatic carboxylic acids is 3. The molecule has 8 nitrogen and oxygen atoms in total. The fourth-order valence-corrected chi connectivity index (χ4v) is 0.714. The third-order valence-corrected chi connectivity index (χ3v) is 1.29. The normalized spacial score (nSPS) is 8.81. The average molecular weight is 258 g/mol. The number of aliphatic hydroxyl groups is 1. The van der Waals surface area contributed by atoms with E-state index in [1.807, 2.05) is 0 Å². The summed E-state index contributed by atoms with van der Waals surface area (Å²) < 4.78 is 0. The van der Waals surface area contributed by atoms with Gasteiger partial charge in [0.15, 0.2) is 5.60 Å². The molecule has 0 bridgehead atoms. The second-order valence-electron chi connectivity index (χ2n) is 2.48. The van der Waals surface area contributed by atoms with Gasteiger partial charge in [0.25, 0.3) is 0 Å². The van der Waals surface area contributed by atoms with Crippen molar-refractivity contribution in [1.82, 2.24) is 0 Å². The van der Waals surface area contributed by atoms with Crippen molar-refractivity contribution < 1.29 is 40.3 Å². The summed E-state index contributed by atoms with van der Waals surface area (Å²) in [6, 6.07) is 0. The predicted octanol–water partition coefficient (Wildman–Crippen LogP) is -3.37. The van der Waals surface area contributed by atoms with Crippen LogP contribution in [0.5, 0.6) is 0 Å². The molecule has 0 saturated heterocycles. The van der Waals surface area contributed by atoms with Crippen LogP contribution in [0.4, 0.5) is 0 Å². The van der Waals surface area contributed by atoms with Crippen LogP contribution in [0.3, 0.4) is 0 Å². The Morgan fingerprint density at radius 1 is 0.875 bits per heavy atom. The minimum absolute atomic E-state index is 0. The van der Waals surface area contributed by atoms with Gasteiger partial charge >= 0.3 is 77.0 Å². The van der Waals surface area contributed by atoms with Gasteiger partial charge in [0.2, 0.25) is 0 Å². The van der Waals surface area contributed by atoms with Crippen molar-refractivity contribution in [1.29, 1.82) is 0 Å². The van der Waals surface area contributed by atoms with Crippen LogP contribution in [0.25, 0.3) is 0 Å². The molecule has 0 saturated carbocycles. The topological polar surface area (TPSA) is 164 Å². The first kappa shape index (κ1) is 25.2. The Morgan fingerprint density at radius 2 is 1.12 bits per heavy atom. The molecule has 0 aliphatic heterocycles. The predicted molar refractivity (Wildman–Crippen MR) is 55.0 cm³/mol. The monoisotopic (exact) mass is 258 g/mol. The molecule has 16 heavy (non-hydrogen) atoms. The summed E-state index contributed by atoms with van der Waals surface area (Å²) in [6.45, 7) is 0. The van der Waals surface area contributed by atoms with Crippen LogP contribution >= 0.6 is 0 Å². The number of carboxylic acid groups (broad SMARTS) is 3. The maximum absolute atomic E-state index is 10.3. The number of rotatable bonds is 5. The van der Waals surface area contributed by atoms with Crippen LogP contribution in [0.1, 0.15) is 12.8 Å². The van der Waals surface area contributed by atoms with E-state index in [0.29, 0.717) is 0 Å². The Hall–Kier alpha value is 0.330. The van der Waals surface area contributed by atoms with Gasteiger partial charge in [-0.15, -0.1) is 0 Å². The minimum atomic E-state index is -2.74. The van der Waals surface area contributed by atoms with Gasteiger partial charge in [-0.2, -0.15) is 0 Å². The van der Waals surface area contributed by atoms with Gasteiger partial charge in [0, 0.05) is 0 Å². The summed E-state index contributed by atoms with van der Waals surface area (Å²) in [4.78, 5) is 30.5. The third kappa shape index (κ3) is 9.55. The van der Waals surface area contributed by atoms with E-state index in [2.05, 4.69) is 0 Å². The SMILES string of the molecule is O.O=C(O)CC(O)(CC(=O)O)C(=O)O.[NaH].[NaH]. The molecule has 0 unspecified atom stereocenters. The molecule has 0 radical (unpaired) electrons. The molecule has 0 fully saturated rings. The van der Waals surface area contributed by atoms with E-state index in [1.165, 1.54) is 0 Å². The maximum atomic E-state index is 10.3. The molecule has 0 heterocycles. The molecule has 0 amide bonds. The summed E-state index contributed by atoms with van der Waals surface area (Å²) in [6.07, 6.45) is -2.29. The van der Waals surface area contributed by atoms with E-state index < -0.39 is 36.4 Å². The van der Waals surface area contributed by atoms with E-state index in [9.17, 15) is 14.4 Å². The Kier molecular flexibility index (Phi) is 16.5. The van der Waals surface area contributed by atoms with Gasteiger partial charge in [0.05, 0.1) is 12.8 Å². The molecule has 0 rings (SSSR count). The Balaban J connectivity index is -0.000000240. The molecule has 0 aliphatic rings. The van der Waals surface area contributed by atoms with E-state index in [-0.39, 0.29) is 64.6 Å². The number of carbonyl (C=O) groups is 3. The second kappa shape index (κ2) is 10.5. The molecular weight excluding hydrogens is 246 g/mol. The van der Waals surface area contributed by atoms with Crippen molar-refractivity contribution in [3.63, 3.8) is 0 Å². The number of hydrogen-bond acceptors (Lipinski definition) is 4. The van der Waals surface area contributed by atoms with Crippen LogP contribution in [0.2, 0.25) is 0 Å². The number of hydrogen-bond donors (Lipinski definition) is 4.